The van der Waals surface area contributed by atoms with Crippen molar-refractivity contribution in [2.24, 2.45) is 0 Å². The average molecular weight is 252 g/mol. The number of aromatic nitrogens is 3. The van der Waals surface area contributed by atoms with Crippen molar-refractivity contribution in [3.8, 4) is 11.3 Å². The summed E-state index contributed by atoms with van der Waals surface area (Å²) < 4.78 is 0. The van der Waals surface area contributed by atoms with E-state index >= 15 is 0 Å². The summed E-state index contributed by atoms with van der Waals surface area (Å²) in [5, 5.41) is 4.28. The van der Waals surface area contributed by atoms with E-state index in [1.165, 1.54) is 11.1 Å². The van der Waals surface area contributed by atoms with Crippen molar-refractivity contribution >= 4 is 11.0 Å². The molecular formula is C15H16N4. The minimum Gasteiger partial charge on any atom is -0.346 e. The Morgan fingerprint density at radius 2 is 2.05 bits per heavy atom. The molecule has 4 nitrogen and oxygen atoms in total. The molecule has 4 heteroatoms. The Labute approximate surface area is 111 Å². The first-order chi connectivity index (χ1) is 9.31. The molecule has 2 heterocycles. The fraction of sp³-hybridized carbons (Fsp3) is 0.200. The zero-order valence-corrected chi connectivity index (χ0v) is 11.1. The van der Waals surface area contributed by atoms with Crippen LogP contribution in [-0.2, 0) is 6.54 Å². The molecule has 0 amide bonds. The van der Waals surface area contributed by atoms with Gasteiger partial charge in [0, 0.05) is 23.7 Å². The van der Waals surface area contributed by atoms with Crippen molar-refractivity contribution in [3.63, 3.8) is 0 Å². The molecule has 0 radical (unpaired) electrons. The molecule has 0 aliphatic carbocycles. The van der Waals surface area contributed by atoms with Crippen LogP contribution in [0.3, 0.4) is 0 Å². The maximum atomic E-state index is 4.49. The Hall–Kier alpha value is -2.20. The predicted molar refractivity (Wildman–Crippen MR) is 76.8 cm³/mol. The Morgan fingerprint density at radius 3 is 2.84 bits per heavy atom. The minimum absolute atomic E-state index is 0.798. The van der Waals surface area contributed by atoms with E-state index in [0.29, 0.717) is 0 Å². The van der Waals surface area contributed by atoms with E-state index in [1.54, 1.807) is 6.33 Å². The van der Waals surface area contributed by atoms with Gasteiger partial charge in [-0.3, -0.25) is 0 Å². The van der Waals surface area contributed by atoms with E-state index in [9.17, 15) is 0 Å². The summed E-state index contributed by atoms with van der Waals surface area (Å²) in [6.45, 7) is 2.90. The SMILES string of the molecule is CNCc1c[nH]c2ncnc(-c3ccccc3C)c12. The molecule has 0 saturated heterocycles. The highest BCUT2D eigenvalue weighted by molar-refractivity contribution is 5.94. The summed E-state index contributed by atoms with van der Waals surface area (Å²) in [6, 6.07) is 8.30. The van der Waals surface area contributed by atoms with Crippen molar-refractivity contribution in [1.82, 2.24) is 20.3 Å². The van der Waals surface area contributed by atoms with Gasteiger partial charge in [0.05, 0.1) is 5.69 Å². The van der Waals surface area contributed by atoms with Crippen LogP contribution in [0.25, 0.3) is 22.3 Å². The lowest BCUT2D eigenvalue weighted by atomic mass is 10.0. The molecule has 0 bridgehead atoms. The summed E-state index contributed by atoms with van der Waals surface area (Å²) in [5.41, 5.74) is 5.45. The number of fused-ring (bicyclic) bond motifs is 1. The van der Waals surface area contributed by atoms with E-state index in [4.69, 9.17) is 0 Å². The van der Waals surface area contributed by atoms with E-state index < -0.39 is 0 Å². The molecule has 0 aliphatic rings. The van der Waals surface area contributed by atoms with Crippen LogP contribution < -0.4 is 5.32 Å². The zero-order valence-electron chi connectivity index (χ0n) is 11.1. The summed E-state index contributed by atoms with van der Waals surface area (Å²) in [4.78, 5) is 12.0. The Kier molecular flexibility index (Phi) is 3.01. The number of hydrogen-bond donors (Lipinski definition) is 2. The number of hydrogen-bond acceptors (Lipinski definition) is 3. The summed E-state index contributed by atoms with van der Waals surface area (Å²) in [6.07, 6.45) is 3.61. The normalized spacial score (nSPS) is 11.1. The highest BCUT2D eigenvalue weighted by atomic mass is 14.9. The van der Waals surface area contributed by atoms with Gasteiger partial charge in [-0.25, -0.2) is 9.97 Å². The van der Waals surface area contributed by atoms with Gasteiger partial charge in [-0.2, -0.15) is 0 Å². The number of H-pyrrole nitrogens is 1. The molecule has 19 heavy (non-hydrogen) atoms. The standard InChI is InChI=1S/C15H16N4/c1-10-5-3-4-6-12(10)14-13-11(7-16-2)8-17-15(13)19-9-18-14/h3-6,8-9,16H,7H2,1-2H3,(H,17,18,19). The van der Waals surface area contributed by atoms with Crippen LogP contribution >= 0.6 is 0 Å². The van der Waals surface area contributed by atoms with Crippen molar-refractivity contribution in [3.05, 3.63) is 47.9 Å². The third-order valence-corrected chi connectivity index (χ3v) is 3.32. The molecule has 1 aromatic carbocycles. The van der Waals surface area contributed by atoms with Gasteiger partial charge in [0.25, 0.3) is 0 Å². The van der Waals surface area contributed by atoms with Gasteiger partial charge in [-0.1, -0.05) is 24.3 Å². The smallest absolute Gasteiger partial charge is 0.141 e. The first-order valence-electron chi connectivity index (χ1n) is 6.33. The summed E-state index contributed by atoms with van der Waals surface area (Å²) in [5.74, 6) is 0. The molecule has 96 valence electrons. The molecule has 3 aromatic rings. The molecule has 0 saturated carbocycles. The number of rotatable bonds is 3. The molecule has 2 N–H and O–H groups in total. The van der Waals surface area contributed by atoms with Crippen LogP contribution in [0.15, 0.2) is 36.8 Å². The Bertz CT molecular complexity index is 715. The van der Waals surface area contributed by atoms with Crippen LogP contribution in [0.1, 0.15) is 11.1 Å². The lowest BCUT2D eigenvalue weighted by Crippen LogP contribution is -2.04. The second kappa shape index (κ2) is 4.82. The van der Waals surface area contributed by atoms with Gasteiger partial charge in [0.2, 0.25) is 0 Å². The van der Waals surface area contributed by atoms with Crippen molar-refractivity contribution in [1.29, 1.82) is 0 Å². The second-order valence-corrected chi connectivity index (χ2v) is 4.61. The molecule has 0 atom stereocenters. The van der Waals surface area contributed by atoms with Gasteiger partial charge >= 0.3 is 0 Å². The number of nitrogens with one attached hydrogen (secondary N) is 2. The first kappa shape index (κ1) is 11.9. The molecular weight excluding hydrogens is 236 g/mol. The van der Waals surface area contributed by atoms with Gasteiger partial charge in [0.1, 0.15) is 12.0 Å². The molecule has 0 unspecified atom stereocenters. The first-order valence-corrected chi connectivity index (χ1v) is 6.33. The third kappa shape index (κ3) is 2.00. The maximum absolute atomic E-state index is 4.49. The molecule has 3 rings (SSSR count). The van der Waals surface area contributed by atoms with E-state index in [0.717, 1.165) is 28.8 Å². The van der Waals surface area contributed by atoms with Gasteiger partial charge in [-0.05, 0) is 25.1 Å². The number of aromatic amines is 1. The molecule has 0 aliphatic heterocycles. The summed E-state index contributed by atoms with van der Waals surface area (Å²) in [7, 11) is 1.94. The topological polar surface area (TPSA) is 53.6 Å². The van der Waals surface area contributed by atoms with Gasteiger partial charge in [-0.15, -0.1) is 0 Å². The third-order valence-electron chi connectivity index (χ3n) is 3.32. The van der Waals surface area contributed by atoms with Crippen molar-refractivity contribution < 1.29 is 0 Å². The van der Waals surface area contributed by atoms with Crippen LogP contribution in [0, 0.1) is 6.92 Å². The van der Waals surface area contributed by atoms with Crippen LogP contribution in [0.4, 0.5) is 0 Å². The molecule has 2 aromatic heterocycles. The lowest BCUT2D eigenvalue weighted by molar-refractivity contribution is 0.823. The van der Waals surface area contributed by atoms with E-state index in [-0.39, 0.29) is 0 Å². The maximum Gasteiger partial charge on any atom is 0.141 e. The Morgan fingerprint density at radius 1 is 1.21 bits per heavy atom. The quantitative estimate of drug-likeness (QED) is 0.753. The largest absolute Gasteiger partial charge is 0.346 e. The predicted octanol–water partition coefficient (Wildman–Crippen LogP) is 2.65. The van der Waals surface area contributed by atoms with Crippen molar-refractivity contribution in [2.45, 2.75) is 13.5 Å². The highest BCUT2D eigenvalue weighted by Gasteiger charge is 2.13. The fourth-order valence-corrected chi connectivity index (χ4v) is 2.40. The van der Waals surface area contributed by atoms with Crippen LogP contribution in [0.5, 0.6) is 0 Å². The minimum atomic E-state index is 0.798. The number of aryl methyl sites for hydroxylation is 1. The number of benzene rings is 1. The van der Waals surface area contributed by atoms with E-state index in [1.807, 2.05) is 25.4 Å². The number of nitrogens with zero attached hydrogens (tertiary/aromatic N) is 2. The summed E-state index contributed by atoms with van der Waals surface area (Å²) >= 11 is 0. The van der Waals surface area contributed by atoms with Gasteiger partial charge in [0.15, 0.2) is 0 Å². The second-order valence-electron chi connectivity index (χ2n) is 4.61. The van der Waals surface area contributed by atoms with Gasteiger partial charge < -0.3 is 10.3 Å². The highest BCUT2D eigenvalue weighted by Crippen LogP contribution is 2.29. The van der Waals surface area contributed by atoms with Crippen LogP contribution in [0.2, 0.25) is 0 Å². The monoisotopic (exact) mass is 252 g/mol. The zero-order chi connectivity index (χ0) is 13.2. The lowest BCUT2D eigenvalue weighted by Gasteiger charge is -2.07. The molecule has 0 spiro atoms. The van der Waals surface area contributed by atoms with E-state index in [2.05, 4.69) is 39.3 Å². The average Bonchev–Trinajstić information content (AvgIpc) is 2.83. The fourth-order valence-electron chi connectivity index (χ4n) is 2.40. The van der Waals surface area contributed by atoms with Crippen molar-refractivity contribution in [2.75, 3.05) is 7.05 Å². The van der Waals surface area contributed by atoms with Crippen LogP contribution in [-0.4, -0.2) is 22.0 Å². The molecule has 0 fully saturated rings. The Balaban J connectivity index is 2.29.